The fourth-order valence-electron chi connectivity index (χ4n) is 2.08. The van der Waals surface area contributed by atoms with E-state index in [1.54, 1.807) is 6.07 Å². The predicted molar refractivity (Wildman–Crippen MR) is 84.7 cm³/mol. The maximum atomic E-state index is 12.0. The van der Waals surface area contributed by atoms with Crippen LogP contribution in [-0.2, 0) is 11.3 Å². The zero-order valence-electron chi connectivity index (χ0n) is 13.0. The van der Waals surface area contributed by atoms with Crippen molar-refractivity contribution in [2.75, 3.05) is 5.32 Å². The molecule has 11 nitrogen and oxygen atoms in total. The largest absolute Gasteiger partial charge is 0.325 e. The minimum absolute atomic E-state index is 0.0341. The van der Waals surface area contributed by atoms with Crippen molar-refractivity contribution in [2.24, 2.45) is 0 Å². The van der Waals surface area contributed by atoms with E-state index in [2.05, 4.69) is 10.4 Å². The molecule has 1 N–H and O–H groups in total. The summed E-state index contributed by atoms with van der Waals surface area (Å²) in [5.74, 6) is -0.457. The fraction of sp³-hybridized carbons (Fsp3) is 0.214. The van der Waals surface area contributed by atoms with Crippen molar-refractivity contribution in [1.82, 2.24) is 9.78 Å². The lowest BCUT2D eigenvalue weighted by Gasteiger charge is -2.07. The molecule has 25 heavy (non-hydrogen) atoms. The van der Waals surface area contributed by atoms with Crippen LogP contribution in [0.25, 0.3) is 0 Å². The van der Waals surface area contributed by atoms with Crippen LogP contribution >= 0.6 is 0 Å². The van der Waals surface area contributed by atoms with Gasteiger partial charge in [0, 0.05) is 25.1 Å². The van der Waals surface area contributed by atoms with E-state index < -0.39 is 15.8 Å². The van der Waals surface area contributed by atoms with Gasteiger partial charge < -0.3 is 5.32 Å². The number of rotatable bonds is 6. The molecule has 0 spiro atoms. The quantitative estimate of drug-likeness (QED) is 0.619. The molecule has 0 radical (unpaired) electrons. The first-order chi connectivity index (χ1) is 11.8. The maximum Gasteiger partial charge on any atom is 0.309 e. The minimum Gasteiger partial charge on any atom is -0.325 e. The third-order valence-electron chi connectivity index (χ3n) is 3.29. The third kappa shape index (κ3) is 4.14. The molecule has 0 saturated heterocycles. The highest BCUT2D eigenvalue weighted by Gasteiger charge is 2.16. The second-order valence-corrected chi connectivity index (χ2v) is 5.02. The number of nitro groups is 2. The zero-order valence-corrected chi connectivity index (χ0v) is 13.0. The Hall–Kier alpha value is -3.81. The average molecular weight is 344 g/mol. The number of nitrogens with zero attached hydrogens (tertiary/aromatic N) is 5. The van der Waals surface area contributed by atoms with Gasteiger partial charge in [0.25, 0.3) is 5.69 Å². The van der Waals surface area contributed by atoms with E-state index in [-0.39, 0.29) is 41.3 Å². The molecule has 0 atom stereocenters. The molecule has 1 aromatic carbocycles. The highest BCUT2D eigenvalue weighted by Crippen LogP contribution is 2.21. The first-order valence-corrected chi connectivity index (χ1v) is 6.98. The number of anilines is 1. The first kappa shape index (κ1) is 17.5. The van der Waals surface area contributed by atoms with Gasteiger partial charge in [0.15, 0.2) is 0 Å². The summed E-state index contributed by atoms with van der Waals surface area (Å²) < 4.78 is 1.29. The van der Waals surface area contributed by atoms with Crippen LogP contribution in [0.2, 0.25) is 0 Å². The Balaban J connectivity index is 2.03. The van der Waals surface area contributed by atoms with Crippen LogP contribution < -0.4 is 5.32 Å². The van der Waals surface area contributed by atoms with E-state index in [1.165, 1.54) is 29.9 Å². The van der Waals surface area contributed by atoms with Crippen LogP contribution in [0.15, 0.2) is 24.4 Å². The number of aromatic nitrogens is 2. The molecule has 2 aromatic rings. The third-order valence-corrected chi connectivity index (χ3v) is 3.29. The van der Waals surface area contributed by atoms with Crippen molar-refractivity contribution in [1.29, 1.82) is 5.26 Å². The number of carbonyl (C=O) groups is 1. The second kappa shape index (κ2) is 7.18. The van der Waals surface area contributed by atoms with E-state index in [0.717, 1.165) is 6.07 Å². The number of nitro benzene ring substituents is 1. The maximum absolute atomic E-state index is 12.0. The lowest BCUT2D eigenvalue weighted by molar-refractivity contribution is -0.385. The smallest absolute Gasteiger partial charge is 0.309 e. The van der Waals surface area contributed by atoms with Gasteiger partial charge in [-0.25, -0.2) is 0 Å². The summed E-state index contributed by atoms with van der Waals surface area (Å²) in [6.45, 7) is 1.60. The van der Waals surface area contributed by atoms with Gasteiger partial charge in [-0.1, -0.05) is 0 Å². The summed E-state index contributed by atoms with van der Waals surface area (Å²) in [5.41, 5.74) is -0.0298. The number of amides is 1. The van der Waals surface area contributed by atoms with Crippen molar-refractivity contribution < 1.29 is 14.6 Å². The summed E-state index contributed by atoms with van der Waals surface area (Å²) in [5, 5.41) is 36.9. The molecule has 0 unspecified atom stereocenters. The van der Waals surface area contributed by atoms with Gasteiger partial charge in [-0.05, 0) is 13.0 Å². The standard InChI is InChI=1S/C14H12N6O5/c1-9-13(20(24)25)8-18(17-9)5-4-14(21)16-12-3-2-11(19(22)23)6-10(12)7-15/h2-3,6,8H,4-5H2,1H3,(H,16,21). The number of aryl methyl sites for hydroxylation is 2. The molecule has 0 saturated carbocycles. The SMILES string of the molecule is Cc1nn(CCC(=O)Nc2ccc([N+](=O)[O-])cc2C#N)cc1[N+](=O)[O-]. The van der Waals surface area contributed by atoms with Gasteiger partial charge in [-0.3, -0.25) is 29.7 Å². The van der Waals surface area contributed by atoms with Crippen molar-refractivity contribution in [2.45, 2.75) is 19.9 Å². The van der Waals surface area contributed by atoms with Crippen LogP contribution in [0.5, 0.6) is 0 Å². The van der Waals surface area contributed by atoms with Crippen LogP contribution in [0.3, 0.4) is 0 Å². The molecule has 1 amide bonds. The Morgan fingerprint density at radius 3 is 2.64 bits per heavy atom. The van der Waals surface area contributed by atoms with Gasteiger partial charge >= 0.3 is 5.69 Å². The zero-order chi connectivity index (χ0) is 18.6. The Labute approximate surface area is 140 Å². The molecule has 1 heterocycles. The molecule has 11 heteroatoms. The Kier molecular flexibility index (Phi) is 5.03. The highest BCUT2D eigenvalue weighted by molar-refractivity contribution is 5.92. The number of hydrogen-bond donors (Lipinski definition) is 1. The summed E-state index contributed by atoms with van der Waals surface area (Å²) >= 11 is 0. The Bertz CT molecular complexity index is 898. The Morgan fingerprint density at radius 1 is 1.36 bits per heavy atom. The van der Waals surface area contributed by atoms with E-state index in [1.807, 2.05) is 0 Å². The summed E-state index contributed by atoms with van der Waals surface area (Å²) in [7, 11) is 0. The number of benzene rings is 1. The van der Waals surface area contributed by atoms with Crippen LogP contribution in [0, 0.1) is 38.5 Å². The molecule has 128 valence electrons. The lowest BCUT2D eigenvalue weighted by atomic mass is 10.1. The average Bonchev–Trinajstić information content (AvgIpc) is 2.94. The van der Waals surface area contributed by atoms with Gasteiger partial charge in [0.05, 0.1) is 21.1 Å². The van der Waals surface area contributed by atoms with Crippen molar-refractivity contribution in [3.05, 3.63) is 55.9 Å². The topological polar surface area (TPSA) is 157 Å². The summed E-state index contributed by atoms with van der Waals surface area (Å²) in [6, 6.07) is 5.30. The normalized spacial score (nSPS) is 10.1. The monoisotopic (exact) mass is 344 g/mol. The van der Waals surface area contributed by atoms with Crippen LogP contribution in [0.4, 0.5) is 17.1 Å². The first-order valence-electron chi connectivity index (χ1n) is 6.98. The lowest BCUT2D eigenvalue weighted by Crippen LogP contribution is -2.15. The highest BCUT2D eigenvalue weighted by atomic mass is 16.6. The number of nitriles is 1. The van der Waals surface area contributed by atoms with Gasteiger partial charge in [0.2, 0.25) is 5.91 Å². The predicted octanol–water partition coefficient (Wildman–Crippen LogP) is 1.91. The number of carbonyl (C=O) groups excluding carboxylic acids is 1. The van der Waals surface area contributed by atoms with Crippen molar-refractivity contribution in [3.63, 3.8) is 0 Å². The Morgan fingerprint density at radius 2 is 2.08 bits per heavy atom. The minimum atomic E-state index is -0.639. The van der Waals surface area contributed by atoms with Gasteiger partial charge in [-0.2, -0.15) is 10.4 Å². The van der Waals surface area contributed by atoms with E-state index in [0.29, 0.717) is 0 Å². The molecule has 0 aliphatic carbocycles. The van der Waals surface area contributed by atoms with E-state index in [9.17, 15) is 25.0 Å². The van der Waals surface area contributed by atoms with Crippen LogP contribution in [0.1, 0.15) is 17.7 Å². The number of nitrogens with one attached hydrogen (secondary N) is 1. The molecule has 0 bridgehead atoms. The molecule has 0 aliphatic heterocycles. The summed E-state index contributed by atoms with van der Waals surface area (Å²) in [4.78, 5) is 32.2. The second-order valence-electron chi connectivity index (χ2n) is 5.02. The molecule has 0 aliphatic rings. The summed E-state index contributed by atoms with van der Waals surface area (Å²) in [6.07, 6.45) is 1.19. The van der Waals surface area contributed by atoms with E-state index in [4.69, 9.17) is 5.26 Å². The van der Waals surface area contributed by atoms with Gasteiger partial charge in [0.1, 0.15) is 18.0 Å². The van der Waals surface area contributed by atoms with Crippen molar-refractivity contribution >= 4 is 23.0 Å². The van der Waals surface area contributed by atoms with Gasteiger partial charge in [-0.15, -0.1) is 0 Å². The van der Waals surface area contributed by atoms with Crippen molar-refractivity contribution in [3.8, 4) is 6.07 Å². The molecule has 2 rings (SSSR count). The molecular formula is C14H12N6O5. The molecule has 0 fully saturated rings. The molecule has 1 aromatic heterocycles. The molecular weight excluding hydrogens is 332 g/mol. The van der Waals surface area contributed by atoms with Crippen LogP contribution in [-0.4, -0.2) is 25.5 Å². The number of hydrogen-bond acceptors (Lipinski definition) is 7. The van der Waals surface area contributed by atoms with E-state index >= 15 is 0 Å². The fourth-order valence-corrected chi connectivity index (χ4v) is 2.08. The number of non-ortho nitro benzene ring substituents is 1.